The molecule has 2 fully saturated rings. The Hall–Kier alpha value is -0.830. The predicted octanol–water partition coefficient (Wildman–Crippen LogP) is 5.27. The lowest BCUT2D eigenvalue weighted by atomic mass is 9.45. The van der Waals surface area contributed by atoms with Crippen molar-refractivity contribution in [2.45, 2.75) is 92.1 Å². The lowest BCUT2D eigenvalue weighted by Crippen LogP contribution is -2.57. The second kappa shape index (κ2) is 7.42. The summed E-state index contributed by atoms with van der Waals surface area (Å²) in [5.41, 5.74) is 1.27. The van der Waals surface area contributed by atoms with Crippen LogP contribution in [0.4, 0.5) is 0 Å². The summed E-state index contributed by atoms with van der Waals surface area (Å²) in [7, 11) is 0. The Morgan fingerprint density at radius 2 is 1.84 bits per heavy atom. The van der Waals surface area contributed by atoms with E-state index in [-0.39, 0.29) is 11.4 Å². The Morgan fingerprint density at radius 1 is 1.16 bits per heavy atom. The first-order valence-corrected chi connectivity index (χ1v) is 10.0. The van der Waals surface area contributed by atoms with E-state index in [0.29, 0.717) is 23.9 Å². The number of carbonyl (C=O) groups excluding carboxylic acids is 1. The van der Waals surface area contributed by atoms with E-state index in [1.54, 1.807) is 0 Å². The van der Waals surface area contributed by atoms with Crippen molar-refractivity contribution in [3.8, 4) is 0 Å². The van der Waals surface area contributed by atoms with Gasteiger partial charge in [-0.1, -0.05) is 32.8 Å². The van der Waals surface area contributed by atoms with Crippen molar-refractivity contribution in [3.05, 3.63) is 11.6 Å². The van der Waals surface area contributed by atoms with Crippen LogP contribution < -0.4 is 0 Å². The Morgan fingerprint density at radius 3 is 2.48 bits per heavy atom. The van der Waals surface area contributed by atoms with Gasteiger partial charge in [0.15, 0.2) is 0 Å². The van der Waals surface area contributed by atoms with Crippen LogP contribution in [0, 0.1) is 22.7 Å². The van der Waals surface area contributed by atoms with Crippen LogP contribution in [0.1, 0.15) is 86.5 Å². The van der Waals surface area contributed by atoms with Crippen LogP contribution >= 0.6 is 0 Å². The average Bonchev–Trinajstić information content (AvgIpc) is 2.44. The molecule has 2 aliphatic carbocycles. The fourth-order valence-corrected chi connectivity index (χ4v) is 6.04. The number of rotatable bonds is 5. The molecule has 0 amide bonds. The second-order valence-electron chi connectivity index (χ2n) is 9.74. The van der Waals surface area contributed by atoms with Gasteiger partial charge < -0.3 is 9.84 Å². The summed E-state index contributed by atoms with van der Waals surface area (Å²) in [4.78, 5) is 10.9. The summed E-state index contributed by atoms with van der Waals surface area (Å²) < 4.78 is 5.01. The molecule has 2 rings (SSSR count). The molecule has 0 aromatic rings. The van der Waals surface area contributed by atoms with E-state index in [0.717, 1.165) is 25.7 Å². The molecule has 2 saturated carbocycles. The summed E-state index contributed by atoms with van der Waals surface area (Å²) >= 11 is 0. The standard InChI is InChI=1S/C22H38O3/c1-16(11-15-25-17(2)23)8-9-19-21(5)13-7-12-20(3,4)18(21)10-14-22(19,6)24/h11,18-19,24H,7-10,12-15H2,1-6H3/b16-11+/t18?,19-,21+,22-/m0/s1. The molecule has 0 aromatic carbocycles. The van der Waals surface area contributed by atoms with Crippen LogP contribution in [0.15, 0.2) is 11.6 Å². The van der Waals surface area contributed by atoms with Gasteiger partial charge in [-0.25, -0.2) is 0 Å². The van der Waals surface area contributed by atoms with Crippen LogP contribution in [0.5, 0.6) is 0 Å². The topological polar surface area (TPSA) is 46.5 Å². The molecule has 0 radical (unpaired) electrons. The maximum Gasteiger partial charge on any atom is 0.302 e. The van der Waals surface area contributed by atoms with Crippen LogP contribution in [-0.2, 0) is 9.53 Å². The molecule has 0 aromatic heterocycles. The fraction of sp³-hybridized carbons (Fsp3) is 0.864. The van der Waals surface area contributed by atoms with Crippen LogP contribution in [0.2, 0.25) is 0 Å². The van der Waals surface area contributed by atoms with E-state index in [1.165, 1.54) is 31.8 Å². The molecule has 3 nitrogen and oxygen atoms in total. The van der Waals surface area contributed by atoms with Gasteiger partial charge in [0.1, 0.15) is 6.61 Å². The quantitative estimate of drug-likeness (QED) is 0.543. The first-order chi connectivity index (χ1) is 11.5. The third-order valence-corrected chi connectivity index (χ3v) is 7.31. The normalized spacial score (nSPS) is 38.1. The number of allylic oxidation sites excluding steroid dienone is 1. The smallest absolute Gasteiger partial charge is 0.302 e. The van der Waals surface area contributed by atoms with Crippen molar-refractivity contribution in [3.63, 3.8) is 0 Å². The van der Waals surface area contributed by atoms with E-state index < -0.39 is 5.60 Å². The molecule has 0 heterocycles. The van der Waals surface area contributed by atoms with Crippen LogP contribution in [0.3, 0.4) is 0 Å². The highest BCUT2D eigenvalue weighted by molar-refractivity contribution is 5.66. The number of hydrogen-bond acceptors (Lipinski definition) is 3. The first-order valence-electron chi connectivity index (χ1n) is 10.0. The van der Waals surface area contributed by atoms with E-state index in [2.05, 4.69) is 34.6 Å². The minimum absolute atomic E-state index is 0.222. The highest BCUT2D eigenvalue weighted by atomic mass is 16.5. The molecule has 4 atom stereocenters. The molecule has 0 aliphatic heterocycles. The summed E-state index contributed by atoms with van der Waals surface area (Å²) in [6.45, 7) is 13.2. The molecule has 0 saturated heterocycles. The average molecular weight is 351 g/mol. The zero-order valence-electron chi connectivity index (χ0n) is 17.2. The SMILES string of the molecule is CC(=O)OC/C=C(\C)CC[C@@H]1[C@@](C)(O)CCC2C(C)(C)CCC[C@]21C. The van der Waals surface area contributed by atoms with Gasteiger partial charge in [-0.05, 0) is 81.1 Å². The van der Waals surface area contributed by atoms with Crippen molar-refractivity contribution in [1.29, 1.82) is 0 Å². The molecule has 0 bridgehead atoms. The molecule has 0 spiro atoms. The van der Waals surface area contributed by atoms with Gasteiger partial charge >= 0.3 is 5.97 Å². The second-order valence-corrected chi connectivity index (χ2v) is 9.74. The fourth-order valence-electron chi connectivity index (χ4n) is 6.04. The highest BCUT2D eigenvalue weighted by Gasteiger charge is 2.57. The predicted molar refractivity (Wildman–Crippen MR) is 102 cm³/mol. The van der Waals surface area contributed by atoms with E-state index in [4.69, 9.17) is 4.74 Å². The summed E-state index contributed by atoms with van der Waals surface area (Å²) in [6.07, 6.45) is 9.86. The number of fused-ring (bicyclic) bond motifs is 1. The molecular weight excluding hydrogens is 312 g/mol. The number of aliphatic hydroxyl groups is 1. The van der Waals surface area contributed by atoms with Gasteiger partial charge in [0.05, 0.1) is 5.60 Å². The van der Waals surface area contributed by atoms with Crippen molar-refractivity contribution in [2.24, 2.45) is 22.7 Å². The van der Waals surface area contributed by atoms with Gasteiger partial charge in [-0.15, -0.1) is 0 Å². The van der Waals surface area contributed by atoms with Gasteiger partial charge in [0.25, 0.3) is 0 Å². The lowest BCUT2D eigenvalue weighted by molar-refractivity contribution is -0.168. The molecule has 1 unspecified atom stereocenters. The highest BCUT2D eigenvalue weighted by Crippen LogP contribution is 2.62. The minimum Gasteiger partial charge on any atom is -0.462 e. The Bertz CT molecular complexity index is 517. The first kappa shape index (κ1) is 20.5. The summed E-state index contributed by atoms with van der Waals surface area (Å²) in [5.74, 6) is 0.791. The number of carbonyl (C=O) groups is 1. The summed E-state index contributed by atoms with van der Waals surface area (Å²) in [6, 6.07) is 0. The maximum atomic E-state index is 11.2. The van der Waals surface area contributed by atoms with Crippen molar-refractivity contribution < 1.29 is 14.6 Å². The van der Waals surface area contributed by atoms with Gasteiger partial charge in [-0.2, -0.15) is 0 Å². The molecular formula is C22H38O3. The maximum absolute atomic E-state index is 11.2. The minimum atomic E-state index is -0.575. The van der Waals surface area contributed by atoms with E-state index in [9.17, 15) is 9.90 Å². The molecule has 25 heavy (non-hydrogen) atoms. The van der Waals surface area contributed by atoms with E-state index in [1.807, 2.05) is 6.08 Å². The lowest BCUT2D eigenvalue weighted by Gasteiger charge is -2.61. The zero-order valence-corrected chi connectivity index (χ0v) is 17.2. The Balaban J connectivity index is 2.11. The number of ether oxygens (including phenoxy) is 1. The summed E-state index contributed by atoms with van der Waals surface area (Å²) in [5, 5.41) is 11.2. The largest absolute Gasteiger partial charge is 0.462 e. The van der Waals surface area contributed by atoms with Gasteiger partial charge in [0.2, 0.25) is 0 Å². The third-order valence-electron chi connectivity index (χ3n) is 7.31. The van der Waals surface area contributed by atoms with Gasteiger partial charge in [0, 0.05) is 6.92 Å². The Kier molecular flexibility index (Phi) is 6.08. The molecule has 2 aliphatic rings. The Labute approximate surface area is 154 Å². The van der Waals surface area contributed by atoms with Crippen LogP contribution in [-0.4, -0.2) is 23.3 Å². The molecule has 3 heteroatoms. The van der Waals surface area contributed by atoms with Crippen LogP contribution in [0.25, 0.3) is 0 Å². The van der Waals surface area contributed by atoms with Crippen molar-refractivity contribution >= 4 is 5.97 Å². The van der Waals surface area contributed by atoms with E-state index >= 15 is 0 Å². The molecule has 144 valence electrons. The zero-order chi connectivity index (χ0) is 18.9. The van der Waals surface area contributed by atoms with Crippen molar-refractivity contribution in [1.82, 2.24) is 0 Å². The monoisotopic (exact) mass is 350 g/mol. The third kappa shape index (κ3) is 4.48. The number of esters is 1. The number of hydrogen-bond donors (Lipinski definition) is 1. The van der Waals surface area contributed by atoms with Gasteiger partial charge in [-0.3, -0.25) is 4.79 Å². The van der Waals surface area contributed by atoms with Crippen molar-refractivity contribution in [2.75, 3.05) is 6.61 Å². The molecule has 1 N–H and O–H groups in total.